The molecule has 2 aliphatic rings. The summed E-state index contributed by atoms with van der Waals surface area (Å²) >= 11 is 0. The van der Waals surface area contributed by atoms with E-state index in [0.29, 0.717) is 12.6 Å². The lowest BCUT2D eigenvalue weighted by Gasteiger charge is -2.39. The van der Waals surface area contributed by atoms with Crippen molar-refractivity contribution in [2.45, 2.75) is 45.6 Å². The van der Waals surface area contributed by atoms with Gasteiger partial charge in [-0.3, -0.25) is 4.79 Å². The maximum Gasteiger partial charge on any atom is 0.229 e. The third kappa shape index (κ3) is 2.86. The fraction of sp³-hybridized carbons (Fsp3) is 0.929. The van der Waals surface area contributed by atoms with Gasteiger partial charge in [0.25, 0.3) is 0 Å². The highest BCUT2D eigenvalue weighted by molar-refractivity contribution is 5.82. The number of piperidine rings is 1. The summed E-state index contributed by atoms with van der Waals surface area (Å²) in [5.41, 5.74) is 5.28. The fourth-order valence-electron chi connectivity index (χ4n) is 3.06. The van der Waals surface area contributed by atoms with E-state index in [1.165, 1.54) is 25.9 Å². The Morgan fingerprint density at radius 2 is 1.72 bits per heavy atom. The normalized spacial score (nSPS) is 23.6. The van der Waals surface area contributed by atoms with Crippen molar-refractivity contribution in [1.29, 1.82) is 0 Å². The van der Waals surface area contributed by atoms with Crippen LogP contribution in [0.1, 0.15) is 39.5 Å². The number of nitrogens with zero attached hydrogens (tertiary/aromatic N) is 2. The molecule has 0 aliphatic carbocycles. The Labute approximate surface area is 110 Å². The Hall–Kier alpha value is -0.610. The second-order valence-corrected chi connectivity index (χ2v) is 6.35. The van der Waals surface area contributed by atoms with Crippen LogP contribution in [0.3, 0.4) is 0 Å². The van der Waals surface area contributed by atoms with Gasteiger partial charge in [0.05, 0.1) is 5.41 Å². The second kappa shape index (κ2) is 5.57. The zero-order valence-corrected chi connectivity index (χ0v) is 11.8. The number of hydrogen-bond donors (Lipinski definition) is 1. The molecule has 2 heterocycles. The van der Waals surface area contributed by atoms with Crippen molar-refractivity contribution in [3.05, 3.63) is 0 Å². The molecule has 18 heavy (non-hydrogen) atoms. The van der Waals surface area contributed by atoms with Crippen LogP contribution in [0.25, 0.3) is 0 Å². The van der Waals surface area contributed by atoms with E-state index >= 15 is 0 Å². The molecule has 0 saturated carbocycles. The van der Waals surface area contributed by atoms with E-state index in [4.69, 9.17) is 5.73 Å². The number of likely N-dealkylation sites (tertiary alicyclic amines) is 2. The third-order valence-corrected chi connectivity index (χ3v) is 4.50. The van der Waals surface area contributed by atoms with Gasteiger partial charge in [-0.15, -0.1) is 0 Å². The molecule has 2 N–H and O–H groups in total. The largest absolute Gasteiger partial charge is 0.342 e. The number of nitrogens with two attached hydrogens (primary N) is 1. The van der Waals surface area contributed by atoms with Crippen molar-refractivity contribution < 1.29 is 4.79 Å². The Morgan fingerprint density at radius 3 is 2.22 bits per heavy atom. The summed E-state index contributed by atoms with van der Waals surface area (Å²) in [5.74, 6) is 0.227. The number of carbonyl (C=O) groups excluding carboxylic acids is 1. The van der Waals surface area contributed by atoms with Crippen molar-refractivity contribution in [3.63, 3.8) is 0 Å². The SMILES string of the molecule is CC(C)(CN)C(=O)N1CCC(N2CCCC2)CC1. The summed E-state index contributed by atoms with van der Waals surface area (Å²) in [4.78, 5) is 16.9. The summed E-state index contributed by atoms with van der Waals surface area (Å²) in [6, 6.07) is 0.706. The van der Waals surface area contributed by atoms with Gasteiger partial charge in [0, 0.05) is 25.7 Å². The first-order valence-corrected chi connectivity index (χ1v) is 7.28. The molecule has 2 saturated heterocycles. The quantitative estimate of drug-likeness (QED) is 0.818. The molecule has 0 unspecified atom stereocenters. The monoisotopic (exact) mass is 253 g/mol. The Kier molecular flexibility index (Phi) is 4.28. The first-order valence-electron chi connectivity index (χ1n) is 7.28. The number of amides is 1. The average Bonchev–Trinajstić information content (AvgIpc) is 2.92. The van der Waals surface area contributed by atoms with Gasteiger partial charge in [-0.2, -0.15) is 0 Å². The summed E-state index contributed by atoms with van der Waals surface area (Å²) < 4.78 is 0. The van der Waals surface area contributed by atoms with E-state index in [9.17, 15) is 4.79 Å². The van der Waals surface area contributed by atoms with Crippen LogP contribution < -0.4 is 5.73 Å². The predicted octanol–water partition coefficient (Wildman–Crippen LogP) is 1.06. The Bertz CT molecular complexity index is 289. The zero-order chi connectivity index (χ0) is 13.2. The molecular weight excluding hydrogens is 226 g/mol. The van der Waals surface area contributed by atoms with Crippen LogP contribution in [-0.2, 0) is 4.79 Å². The highest BCUT2D eigenvalue weighted by Crippen LogP contribution is 2.24. The molecular formula is C14H27N3O. The minimum Gasteiger partial charge on any atom is -0.342 e. The van der Waals surface area contributed by atoms with Gasteiger partial charge in [-0.25, -0.2) is 0 Å². The highest BCUT2D eigenvalue weighted by Gasteiger charge is 2.34. The van der Waals surface area contributed by atoms with Gasteiger partial charge < -0.3 is 15.5 Å². The first kappa shape index (κ1) is 13.8. The lowest BCUT2D eigenvalue weighted by molar-refractivity contribution is -0.141. The van der Waals surface area contributed by atoms with Crippen LogP contribution in [-0.4, -0.2) is 54.5 Å². The molecule has 104 valence electrons. The lowest BCUT2D eigenvalue weighted by Crippen LogP contribution is -2.51. The molecule has 0 atom stereocenters. The van der Waals surface area contributed by atoms with Gasteiger partial charge >= 0.3 is 0 Å². The lowest BCUT2D eigenvalue weighted by atomic mass is 9.90. The summed E-state index contributed by atoms with van der Waals surface area (Å²) in [5, 5.41) is 0. The topological polar surface area (TPSA) is 49.6 Å². The standard InChI is InChI=1S/C14H27N3O/c1-14(2,11-15)13(18)17-9-5-12(6-10-17)16-7-3-4-8-16/h12H,3-11,15H2,1-2H3. The van der Waals surface area contributed by atoms with Gasteiger partial charge in [0.15, 0.2) is 0 Å². The molecule has 0 aromatic carbocycles. The molecule has 0 aromatic rings. The fourth-order valence-corrected chi connectivity index (χ4v) is 3.06. The first-order chi connectivity index (χ1) is 8.54. The number of hydrogen-bond acceptors (Lipinski definition) is 3. The van der Waals surface area contributed by atoms with E-state index in [0.717, 1.165) is 25.9 Å². The van der Waals surface area contributed by atoms with Crippen LogP contribution in [0.4, 0.5) is 0 Å². The second-order valence-electron chi connectivity index (χ2n) is 6.35. The van der Waals surface area contributed by atoms with Crippen LogP contribution in [0.15, 0.2) is 0 Å². The number of rotatable bonds is 3. The van der Waals surface area contributed by atoms with E-state index < -0.39 is 5.41 Å². The Balaban J connectivity index is 1.84. The van der Waals surface area contributed by atoms with E-state index in [1.807, 2.05) is 18.7 Å². The van der Waals surface area contributed by atoms with Crippen molar-refractivity contribution >= 4 is 5.91 Å². The smallest absolute Gasteiger partial charge is 0.229 e. The zero-order valence-electron chi connectivity index (χ0n) is 11.8. The highest BCUT2D eigenvalue weighted by atomic mass is 16.2. The molecule has 1 amide bonds. The summed E-state index contributed by atoms with van der Waals surface area (Å²) in [6.07, 6.45) is 4.96. The Morgan fingerprint density at radius 1 is 1.17 bits per heavy atom. The van der Waals surface area contributed by atoms with Crippen LogP contribution in [0, 0.1) is 5.41 Å². The van der Waals surface area contributed by atoms with Crippen molar-refractivity contribution in [1.82, 2.24) is 9.80 Å². The summed E-state index contributed by atoms with van der Waals surface area (Å²) in [7, 11) is 0. The molecule has 2 fully saturated rings. The van der Waals surface area contributed by atoms with Crippen LogP contribution in [0.5, 0.6) is 0 Å². The van der Waals surface area contributed by atoms with Crippen molar-refractivity contribution in [2.75, 3.05) is 32.7 Å². The molecule has 0 aromatic heterocycles. The van der Waals surface area contributed by atoms with Crippen LogP contribution >= 0.6 is 0 Å². The average molecular weight is 253 g/mol. The maximum atomic E-state index is 12.3. The molecule has 4 nitrogen and oxygen atoms in total. The van der Waals surface area contributed by atoms with Crippen molar-refractivity contribution in [2.24, 2.45) is 11.1 Å². The van der Waals surface area contributed by atoms with Gasteiger partial charge in [0.2, 0.25) is 5.91 Å². The summed E-state index contributed by atoms with van der Waals surface area (Å²) in [6.45, 7) is 8.65. The molecule has 0 bridgehead atoms. The van der Waals surface area contributed by atoms with Crippen LogP contribution in [0.2, 0.25) is 0 Å². The molecule has 0 radical (unpaired) electrons. The minimum absolute atomic E-state index is 0.227. The molecule has 4 heteroatoms. The van der Waals surface area contributed by atoms with E-state index in [2.05, 4.69) is 4.90 Å². The van der Waals surface area contributed by atoms with E-state index in [1.54, 1.807) is 0 Å². The number of carbonyl (C=O) groups is 1. The minimum atomic E-state index is -0.402. The van der Waals surface area contributed by atoms with Crippen molar-refractivity contribution in [3.8, 4) is 0 Å². The molecule has 2 aliphatic heterocycles. The predicted molar refractivity (Wildman–Crippen MR) is 73.2 cm³/mol. The maximum absolute atomic E-state index is 12.3. The van der Waals surface area contributed by atoms with Gasteiger partial charge in [-0.05, 0) is 52.6 Å². The van der Waals surface area contributed by atoms with E-state index in [-0.39, 0.29) is 5.91 Å². The molecule has 2 rings (SSSR count). The molecule has 0 spiro atoms. The third-order valence-electron chi connectivity index (χ3n) is 4.50. The van der Waals surface area contributed by atoms with Gasteiger partial charge in [0.1, 0.15) is 0 Å². The van der Waals surface area contributed by atoms with Gasteiger partial charge in [-0.1, -0.05) is 0 Å².